The fourth-order valence-electron chi connectivity index (χ4n) is 2.54. The van der Waals surface area contributed by atoms with Crippen molar-refractivity contribution in [2.45, 2.75) is 46.0 Å². The van der Waals surface area contributed by atoms with Crippen LogP contribution < -0.4 is 0 Å². The molecule has 0 bridgehead atoms. The van der Waals surface area contributed by atoms with Crippen LogP contribution in [0.1, 0.15) is 50.8 Å². The van der Waals surface area contributed by atoms with Crippen LogP contribution in [0, 0.1) is 0 Å². The van der Waals surface area contributed by atoms with Crippen LogP contribution in [0.3, 0.4) is 0 Å². The molecular formula is C18H22O2. The van der Waals surface area contributed by atoms with Gasteiger partial charge < -0.3 is 4.74 Å². The van der Waals surface area contributed by atoms with Gasteiger partial charge in [0.25, 0.3) is 0 Å². The van der Waals surface area contributed by atoms with E-state index in [4.69, 9.17) is 4.74 Å². The Hall–Kier alpha value is -1.83. The molecule has 0 saturated heterocycles. The van der Waals surface area contributed by atoms with Gasteiger partial charge in [-0.25, -0.2) is 0 Å². The Morgan fingerprint density at radius 2 is 2.00 bits per heavy atom. The predicted octanol–water partition coefficient (Wildman–Crippen LogP) is 4.39. The van der Waals surface area contributed by atoms with Crippen LogP contribution in [0.2, 0.25) is 0 Å². The fourth-order valence-corrected chi connectivity index (χ4v) is 2.54. The summed E-state index contributed by atoms with van der Waals surface area (Å²) in [4.78, 5) is 10.8. The fraction of sp³-hybridized carbons (Fsp3) is 0.389. The zero-order chi connectivity index (χ0) is 14.8. The number of esters is 1. The maximum absolute atomic E-state index is 10.8. The average molecular weight is 270 g/mol. The Kier molecular flexibility index (Phi) is 4.12. The lowest BCUT2D eigenvalue weighted by atomic mass is 9.79. The molecule has 0 aromatic heterocycles. The largest absolute Gasteiger partial charge is 0.435 e. The van der Waals surface area contributed by atoms with Crippen molar-refractivity contribution in [3.63, 3.8) is 0 Å². The minimum atomic E-state index is -0.284. The number of benzene rings is 1. The first-order chi connectivity index (χ1) is 9.38. The smallest absolute Gasteiger partial charge is 0.307 e. The molecule has 20 heavy (non-hydrogen) atoms. The van der Waals surface area contributed by atoms with Gasteiger partial charge in [-0.1, -0.05) is 45.0 Å². The molecule has 1 aliphatic rings. The lowest BCUT2D eigenvalue weighted by Crippen LogP contribution is -2.15. The van der Waals surface area contributed by atoms with Gasteiger partial charge in [-0.05, 0) is 46.6 Å². The van der Waals surface area contributed by atoms with E-state index in [1.54, 1.807) is 0 Å². The third kappa shape index (κ3) is 3.38. The van der Waals surface area contributed by atoms with E-state index in [0.717, 1.165) is 12.8 Å². The monoisotopic (exact) mass is 270 g/mol. The predicted molar refractivity (Wildman–Crippen MR) is 82.3 cm³/mol. The van der Waals surface area contributed by atoms with Crippen molar-refractivity contribution >= 4 is 12.0 Å². The molecule has 0 N–H and O–H groups in total. The maximum atomic E-state index is 10.8. The Bertz CT molecular complexity index is 572. The van der Waals surface area contributed by atoms with Gasteiger partial charge >= 0.3 is 5.97 Å². The highest BCUT2D eigenvalue weighted by molar-refractivity contribution is 5.68. The summed E-state index contributed by atoms with van der Waals surface area (Å²) in [7, 11) is 0. The minimum Gasteiger partial charge on any atom is -0.435 e. The summed E-state index contributed by atoms with van der Waals surface area (Å²) < 4.78 is 4.87. The summed E-state index contributed by atoms with van der Waals surface area (Å²) in [6, 6.07) is 6.55. The van der Waals surface area contributed by atoms with Gasteiger partial charge in [0.15, 0.2) is 0 Å². The molecule has 1 aromatic carbocycles. The number of allylic oxidation sites excluding steroid dienone is 2. The number of fused-ring (bicyclic) bond motifs is 1. The van der Waals surface area contributed by atoms with E-state index in [-0.39, 0.29) is 11.4 Å². The first-order valence-corrected chi connectivity index (χ1v) is 7.04. The number of aryl methyl sites for hydroxylation is 1. The van der Waals surface area contributed by atoms with Crippen LogP contribution >= 0.6 is 0 Å². The highest BCUT2D eigenvalue weighted by Gasteiger charge is 2.20. The number of carbonyl (C=O) groups is 1. The van der Waals surface area contributed by atoms with Crippen molar-refractivity contribution in [1.29, 1.82) is 0 Å². The highest BCUT2D eigenvalue weighted by atomic mass is 16.5. The van der Waals surface area contributed by atoms with Crippen LogP contribution in [0.5, 0.6) is 0 Å². The third-order valence-electron chi connectivity index (χ3n) is 3.53. The molecule has 0 spiro atoms. The van der Waals surface area contributed by atoms with Gasteiger partial charge in [-0.15, -0.1) is 0 Å². The zero-order valence-corrected chi connectivity index (χ0v) is 12.7. The summed E-state index contributed by atoms with van der Waals surface area (Å²) in [5.74, 6) is -0.284. The van der Waals surface area contributed by atoms with E-state index < -0.39 is 0 Å². The second-order valence-electron chi connectivity index (χ2n) is 6.26. The molecule has 2 heteroatoms. The molecule has 0 saturated carbocycles. The van der Waals surface area contributed by atoms with Crippen molar-refractivity contribution in [2.75, 3.05) is 0 Å². The van der Waals surface area contributed by atoms with Gasteiger partial charge in [0.2, 0.25) is 0 Å². The second-order valence-corrected chi connectivity index (χ2v) is 6.26. The third-order valence-corrected chi connectivity index (χ3v) is 3.53. The summed E-state index contributed by atoms with van der Waals surface area (Å²) in [5, 5.41) is 0. The molecule has 0 heterocycles. The van der Waals surface area contributed by atoms with Crippen molar-refractivity contribution in [3.8, 4) is 0 Å². The Labute approximate surface area is 121 Å². The van der Waals surface area contributed by atoms with E-state index in [1.807, 2.05) is 6.08 Å². The van der Waals surface area contributed by atoms with Crippen LogP contribution in [-0.4, -0.2) is 5.97 Å². The molecule has 0 unspecified atom stereocenters. The van der Waals surface area contributed by atoms with Gasteiger partial charge in [-0.2, -0.15) is 0 Å². The molecule has 0 amide bonds. The summed E-state index contributed by atoms with van der Waals surface area (Å²) in [6.45, 7) is 8.12. The quantitative estimate of drug-likeness (QED) is 0.588. The Morgan fingerprint density at radius 1 is 1.25 bits per heavy atom. The normalized spacial score (nSPS) is 14.9. The molecule has 1 aromatic rings. The number of rotatable bonds is 2. The molecular weight excluding hydrogens is 248 g/mol. The lowest BCUT2D eigenvalue weighted by Gasteiger charge is -2.26. The Morgan fingerprint density at radius 3 is 2.65 bits per heavy atom. The number of ether oxygens (including phenoxy) is 1. The van der Waals surface area contributed by atoms with Crippen LogP contribution in [0.25, 0.3) is 6.08 Å². The highest BCUT2D eigenvalue weighted by Crippen LogP contribution is 2.33. The summed E-state index contributed by atoms with van der Waals surface area (Å²) >= 11 is 0. The first-order valence-electron chi connectivity index (χ1n) is 7.04. The maximum Gasteiger partial charge on any atom is 0.307 e. The minimum absolute atomic E-state index is 0.129. The second kappa shape index (κ2) is 5.66. The number of hydrogen-bond donors (Lipinski definition) is 0. The van der Waals surface area contributed by atoms with Crippen molar-refractivity contribution < 1.29 is 9.53 Å². The first kappa shape index (κ1) is 14.6. The zero-order valence-electron chi connectivity index (χ0n) is 12.7. The molecule has 1 aliphatic carbocycles. The topological polar surface area (TPSA) is 26.3 Å². The van der Waals surface area contributed by atoms with Crippen LogP contribution in [-0.2, 0) is 21.4 Å². The van der Waals surface area contributed by atoms with Gasteiger partial charge in [0, 0.05) is 6.92 Å². The van der Waals surface area contributed by atoms with E-state index in [9.17, 15) is 4.79 Å². The van der Waals surface area contributed by atoms with Gasteiger partial charge in [0.1, 0.15) is 0 Å². The molecule has 2 nitrogen and oxygen atoms in total. The molecule has 0 atom stereocenters. The molecule has 2 rings (SSSR count). The van der Waals surface area contributed by atoms with E-state index in [0.29, 0.717) is 0 Å². The number of hydrogen-bond acceptors (Lipinski definition) is 2. The summed E-state index contributed by atoms with van der Waals surface area (Å²) in [5.41, 5.74) is 5.43. The van der Waals surface area contributed by atoms with Crippen LogP contribution in [0.15, 0.2) is 36.1 Å². The standard InChI is InChI=1S/C18H22O2/c1-13(19)20-11-10-14-8-9-15-6-5-7-17(16(15)12-14)18(2,3)4/h5-7,10-12H,8-9H2,1-4H3. The molecule has 106 valence electrons. The molecule has 0 fully saturated rings. The van der Waals surface area contributed by atoms with Gasteiger partial charge in [0.05, 0.1) is 6.26 Å². The Balaban J connectivity index is 2.34. The van der Waals surface area contributed by atoms with Crippen molar-refractivity contribution in [2.24, 2.45) is 0 Å². The van der Waals surface area contributed by atoms with E-state index >= 15 is 0 Å². The SMILES string of the molecule is CC(=O)OC=CC1=Cc2c(cccc2C(C)(C)C)CC1. The lowest BCUT2D eigenvalue weighted by molar-refractivity contribution is -0.135. The van der Waals surface area contributed by atoms with Crippen molar-refractivity contribution in [1.82, 2.24) is 0 Å². The van der Waals surface area contributed by atoms with Crippen LogP contribution in [0.4, 0.5) is 0 Å². The van der Waals surface area contributed by atoms with E-state index in [2.05, 4.69) is 45.0 Å². The molecule has 0 aliphatic heterocycles. The van der Waals surface area contributed by atoms with E-state index in [1.165, 1.54) is 35.4 Å². The number of carbonyl (C=O) groups excluding carboxylic acids is 1. The summed E-state index contributed by atoms with van der Waals surface area (Å²) in [6.07, 6.45) is 7.62. The molecule has 0 radical (unpaired) electrons. The average Bonchev–Trinajstić information content (AvgIpc) is 2.36. The van der Waals surface area contributed by atoms with Gasteiger partial charge in [-0.3, -0.25) is 4.79 Å². The van der Waals surface area contributed by atoms with Crippen molar-refractivity contribution in [3.05, 3.63) is 52.8 Å².